The molecule has 0 saturated heterocycles. The molecule has 0 saturated carbocycles. The zero-order valence-electron chi connectivity index (χ0n) is 12.0. The van der Waals surface area contributed by atoms with Crippen LogP contribution in [0.25, 0.3) is 0 Å². The van der Waals surface area contributed by atoms with Gasteiger partial charge in [0.25, 0.3) is 5.91 Å². The predicted octanol–water partition coefficient (Wildman–Crippen LogP) is 3.60. The van der Waals surface area contributed by atoms with Gasteiger partial charge in [0, 0.05) is 18.0 Å². The monoisotopic (exact) mass is 288 g/mol. The summed E-state index contributed by atoms with van der Waals surface area (Å²) in [4.78, 5) is 16.6. The Hall–Kier alpha value is -2.94. The molecular weight excluding hydrogens is 272 g/mol. The first-order valence-electron chi connectivity index (χ1n) is 7.15. The van der Waals surface area contributed by atoms with Crippen LogP contribution in [0.1, 0.15) is 27.5 Å². The number of hydrogen-bond acceptors (Lipinski definition) is 2. The normalized spacial score (nSPS) is 11.6. The van der Waals surface area contributed by atoms with Crippen LogP contribution in [0.5, 0.6) is 0 Å². The first kappa shape index (κ1) is 14.0. The molecule has 108 valence electrons. The third-order valence-electron chi connectivity index (χ3n) is 3.46. The molecule has 1 N–H and O–H groups in total. The van der Waals surface area contributed by atoms with E-state index in [1.54, 1.807) is 24.5 Å². The molecule has 0 radical (unpaired) electrons. The Balaban J connectivity index is 1.91. The maximum atomic E-state index is 12.5. The summed E-state index contributed by atoms with van der Waals surface area (Å²) in [5.41, 5.74) is 2.63. The van der Waals surface area contributed by atoms with Crippen molar-refractivity contribution in [1.29, 1.82) is 0 Å². The molecule has 1 atom stereocenters. The van der Waals surface area contributed by atoms with Crippen LogP contribution in [0.15, 0.2) is 85.2 Å². The maximum absolute atomic E-state index is 12.5. The average Bonchev–Trinajstić information content (AvgIpc) is 2.62. The van der Waals surface area contributed by atoms with E-state index in [0.29, 0.717) is 5.56 Å². The van der Waals surface area contributed by atoms with Crippen molar-refractivity contribution >= 4 is 5.91 Å². The molecule has 0 aliphatic heterocycles. The van der Waals surface area contributed by atoms with Crippen molar-refractivity contribution in [3.05, 3.63) is 102 Å². The van der Waals surface area contributed by atoms with Gasteiger partial charge in [0.1, 0.15) is 0 Å². The van der Waals surface area contributed by atoms with E-state index in [1.807, 2.05) is 60.7 Å². The molecule has 1 aromatic heterocycles. The van der Waals surface area contributed by atoms with E-state index in [4.69, 9.17) is 0 Å². The molecule has 0 spiro atoms. The van der Waals surface area contributed by atoms with Gasteiger partial charge in [-0.25, -0.2) is 0 Å². The van der Waals surface area contributed by atoms with Crippen LogP contribution in [0.3, 0.4) is 0 Å². The number of hydrogen-bond donors (Lipinski definition) is 1. The van der Waals surface area contributed by atoms with Gasteiger partial charge in [-0.3, -0.25) is 9.78 Å². The van der Waals surface area contributed by atoms with E-state index in [-0.39, 0.29) is 11.9 Å². The molecule has 1 unspecified atom stereocenters. The lowest BCUT2D eigenvalue weighted by atomic mass is 10.00. The van der Waals surface area contributed by atoms with Crippen molar-refractivity contribution in [2.45, 2.75) is 6.04 Å². The van der Waals surface area contributed by atoms with Gasteiger partial charge in [0.05, 0.1) is 6.04 Å². The maximum Gasteiger partial charge on any atom is 0.252 e. The first-order valence-corrected chi connectivity index (χ1v) is 7.15. The van der Waals surface area contributed by atoms with Crippen LogP contribution in [-0.2, 0) is 0 Å². The number of aromatic nitrogens is 1. The van der Waals surface area contributed by atoms with Crippen molar-refractivity contribution in [1.82, 2.24) is 10.3 Å². The molecule has 0 fully saturated rings. The van der Waals surface area contributed by atoms with Crippen molar-refractivity contribution in [3.8, 4) is 0 Å². The Morgan fingerprint density at radius 1 is 0.818 bits per heavy atom. The fourth-order valence-corrected chi connectivity index (χ4v) is 2.36. The summed E-state index contributed by atoms with van der Waals surface area (Å²) in [7, 11) is 0. The van der Waals surface area contributed by atoms with Gasteiger partial charge < -0.3 is 5.32 Å². The highest BCUT2D eigenvalue weighted by Crippen LogP contribution is 2.21. The fourth-order valence-electron chi connectivity index (χ4n) is 2.36. The molecule has 0 aliphatic carbocycles. The van der Waals surface area contributed by atoms with Gasteiger partial charge in [-0.2, -0.15) is 0 Å². The van der Waals surface area contributed by atoms with E-state index in [0.717, 1.165) is 11.1 Å². The van der Waals surface area contributed by atoms with Crippen LogP contribution in [0.2, 0.25) is 0 Å². The van der Waals surface area contributed by atoms with Crippen molar-refractivity contribution in [2.75, 3.05) is 0 Å². The van der Waals surface area contributed by atoms with Gasteiger partial charge in [-0.05, 0) is 29.3 Å². The lowest BCUT2D eigenvalue weighted by molar-refractivity contribution is 0.0943. The molecule has 0 bridgehead atoms. The number of benzene rings is 2. The molecular formula is C19H16N2O. The van der Waals surface area contributed by atoms with Crippen LogP contribution in [0, 0.1) is 0 Å². The van der Waals surface area contributed by atoms with Gasteiger partial charge >= 0.3 is 0 Å². The molecule has 1 heterocycles. The molecule has 3 heteroatoms. The summed E-state index contributed by atoms with van der Waals surface area (Å²) in [6, 6.07) is 22.7. The van der Waals surface area contributed by atoms with Crippen LogP contribution < -0.4 is 5.32 Å². The third-order valence-corrected chi connectivity index (χ3v) is 3.46. The summed E-state index contributed by atoms with van der Waals surface area (Å²) in [5.74, 6) is -0.0988. The molecule has 3 nitrogen and oxygen atoms in total. The SMILES string of the molecule is O=C(NC(c1ccccc1)c1cccnc1)c1ccccc1. The van der Waals surface area contributed by atoms with E-state index in [2.05, 4.69) is 10.3 Å². The zero-order valence-corrected chi connectivity index (χ0v) is 12.0. The third kappa shape index (κ3) is 3.20. The number of nitrogens with one attached hydrogen (secondary N) is 1. The van der Waals surface area contributed by atoms with Crippen LogP contribution >= 0.6 is 0 Å². The lowest BCUT2D eigenvalue weighted by Gasteiger charge is -2.19. The second kappa shape index (κ2) is 6.68. The Labute approximate surface area is 129 Å². The van der Waals surface area contributed by atoms with Gasteiger partial charge in [0.2, 0.25) is 0 Å². The Morgan fingerprint density at radius 3 is 2.09 bits per heavy atom. The minimum Gasteiger partial charge on any atom is -0.341 e. The fraction of sp³-hybridized carbons (Fsp3) is 0.0526. The van der Waals surface area contributed by atoms with E-state index in [1.165, 1.54) is 0 Å². The van der Waals surface area contributed by atoms with E-state index >= 15 is 0 Å². The van der Waals surface area contributed by atoms with Crippen molar-refractivity contribution in [2.24, 2.45) is 0 Å². The molecule has 1 amide bonds. The van der Waals surface area contributed by atoms with Gasteiger partial charge in [-0.1, -0.05) is 54.6 Å². The predicted molar refractivity (Wildman–Crippen MR) is 86.4 cm³/mol. The minimum atomic E-state index is -0.220. The highest BCUT2D eigenvalue weighted by Gasteiger charge is 2.17. The Kier molecular flexibility index (Phi) is 4.25. The summed E-state index contributed by atoms with van der Waals surface area (Å²) in [5, 5.41) is 3.09. The van der Waals surface area contributed by atoms with Crippen LogP contribution in [-0.4, -0.2) is 10.9 Å². The van der Waals surface area contributed by atoms with Crippen molar-refractivity contribution < 1.29 is 4.79 Å². The standard InChI is InChI=1S/C19H16N2O/c22-19(16-10-5-2-6-11-16)21-18(15-8-3-1-4-9-15)17-12-7-13-20-14-17/h1-14,18H,(H,21,22). The zero-order chi connectivity index (χ0) is 15.2. The topological polar surface area (TPSA) is 42.0 Å². The second-order valence-electron chi connectivity index (χ2n) is 4.97. The number of nitrogens with zero attached hydrogens (tertiary/aromatic N) is 1. The molecule has 0 aliphatic rings. The summed E-state index contributed by atoms with van der Waals surface area (Å²) in [6.45, 7) is 0. The lowest BCUT2D eigenvalue weighted by Crippen LogP contribution is -2.29. The number of carbonyl (C=O) groups is 1. The minimum absolute atomic E-state index is 0.0988. The first-order chi connectivity index (χ1) is 10.8. The quantitative estimate of drug-likeness (QED) is 0.797. The van der Waals surface area contributed by atoms with Crippen molar-refractivity contribution in [3.63, 3.8) is 0 Å². The summed E-state index contributed by atoms with van der Waals surface area (Å²) in [6.07, 6.45) is 3.51. The number of rotatable bonds is 4. The number of pyridine rings is 1. The van der Waals surface area contributed by atoms with E-state index < -0.39 is 0 Å². The Morgan fingerprint density at radius 2 is 1.45 bits per heavy atom. The highest BCUT2D eigenvalue weighted by atomic mass is 16.1. The average molecular weight is 288 g/mol. The number of amides is 1. The smallest absolute Gasteiger partial charge is 0.252 e. The second-order valence-corrected chi connectivity index (χ2v) is 4.97. The molecule has 3 aromatic rings. The molecule has 22 heavy (non-hydrogen) atoms. The largest absolute Gasteiger partial charge is 0.341 e. The van der Waals surface area contributed by atoms with Crippen LogP contribution in [0.4, 0.5) is 0 Å². The summed E-state index contributed by atoms with van der Waals surface area (Å²) >= 11 is 0. The van der Waals surface area contributed by atoms with Gasteiger partial charge in [-0.15, -0.1) is 0 Å². The summed E-state index contributed by atoms with van der Waals surface area (Å²) < 4.78 is 0. The molecule has 3 rings (SSSR count). The van der Waals surface area contributed by atoms with Gasteiger partial charge in [0.15, 0.2) is 0 Å². The highest BCUT2D eigenvalue weighted by molar-refractivity contribution is 5.94. The molecule has 2 aromatic carbocycles. The van der Waals surface area contributed by atoms with E-state index in [9.17, 15) is 4.79 Å². The number of carbonyl (C=O) groups excluding carboxylic acids is 1. The Bertz CT molecular complexity index is 688.